The summed E-state index contributed by atoms with van der Waals surface area (Å²) in [6.07, 6.45) is 0. The summed E-state index contributed by atoms with van der Waals surface area (Å²) in [4.78, 5) is 10.9. The first-order chi connectivity index (χ1) is 8.37. The first kappa shape index (κ1) is 14.5. The van der Waals surface area contributed by atoms with Gasteiger partial charge in [0.2, 0.25) is 5.91 Å². The number of anilines is 2. The van der Waals surface area contributed by atoms with Gasteiger partial charge in [0, 0.05) is 36.9 Å². The Kier molecular flexibility index (Phi) is 5.16. The van der Waals surface area contributed by atoms with Crippen LogP contribution in [0, 0.1) is 0 Å². The van der Waals surface area contributed by atoms with Crippen molar-refractivity contribution in [2.24, 2.45) is 0 Å². The molecule has 1 aromatic carbocycles. The van der Waals surface area contributed by atoms with E-state index in [1.54, 1.807) is 0 Å². The number of amides is 1. The molecule has 0 heterocycles. The molecule has 18 heavy (non-hydrogen) atoms. The number of benzene rings is 1. The Balaban J connectivity index is 2.33. The van der Waals surface area contributed by atoms with Crippen LogP contribution in [0.4, 0.5) is 11.4 Å². The molecule has 1 rings (SSSR count). The maximum atomic E-state index is 10.9. The lowest BCUT2D eigenvalue weighted by atomic mass is 10.1. The molecule has 4 heteroatoms. The lowest BCUT2D eigenvalue weighted by molar-refractivity contribution is -0.114. The van der Waals surface area contributed by atoms with Crippen molar-refractivity contribution in [3.8, 4) is 0 Å². The molecule has 0 aliphatic carbocycles. The Morgan fingerprint density at radius 2 is 1.61 bits per heavy atom. The Bertz CT molecular complexity index is 379. The minimum absolute atomic E-state index is 0.0508. The van der Waals surface area contributed by atoms with Crippen LogP contribution in [0.25, 0.3) is 0 Å². The molecule has 0 aliphatic heterocycles. The number of nitrogens with one attached hydrogen (secondary N) is 3. The van der Waals surface area contributed by atoms with Crippen LogP contribution in [-0.4, -0.2) is 24.5 Å². The zero-order valence-corrected chi connectivity index (χ0v) is 11.6. The van der Waals surface area contributed by atoms with Gasteiger partial charge in [0.15, 0.2) is 0 Å². The van der Waals surface area contributed by atoms with Gasteiger partial charge in [-0.05, 0) is 45.0 Å². The van der Waals surface area contributed by atoms with Gasteiger partial charge < -0.3 is 16.0 Å². The van der Waals surface area contributed by atoms with E-state index in [0.29, 0.717) is 0 Å². The third-order valence-electron chi connectivity index (χ3n) is 2.31. The first-order valence-electron chi connectivity index (χ1n) is 6.23. The highest BCUT2D eigenvalue weighted by Crippen LogP contribution is 2.13. The summed E-state index contributed by atoms with van der Waals surface area (Å²) in [5, 5.41) is 9.47. The standard InChI is InChI=1S/C14H23N3O/c1-11(18)17-13-7-5-12(6-8-13)15-9-10-16-14(2,3)4/h5-8,15-16H,9-10H2,1-4H3,(H,17,18). The Labute approximate surface area is 109 Å². The molecule has 0 saturated carbocycles. The van der Waals surface area contributed by atoms with Gasteiger partial charge in [0.25, 0.3) is 0 Å². The Morgan fingerprint density at radius 1 is 1.06 bits per heavy atom. The lowest BCUT2D eigenvalue weighted by Crippen LogP contribution is -2.38. The van der Waals surface area contributed by atoms with Gasteiger partial charge in [-0.3, -0.25) is 4.79 Å². The Hall–Kier alpha value is -1.55. The van der Waals surface area contributed by atoms with Gasteiger partial charge in [-0.2, -0.15) is 0 Å². The maximum absolute atomic E-state index is 10.9. The van der Waals surface area contributed by atoms with E-state index in [9.17, 15) is 4.79 Å². The largest absolute Gasteiger partial charge is 0.384 e. The van der Waals surface area contributed by atoms with Crippen molar-refractivity contribution in [1.82, 2.24) is 5.32 Å². The minimum Gasteiger partial charge on any atom is -0.384 e. The highest BCUT2D eigenvalue weighted by Gasteiger charge is 2.06. The SMILES string of the molecule is CC(=O)Nc1ccc(NCCNC(C)(C)C)cc1. The highest BCUT2D eigenvalue weighted by molar-refractivity contribution is 5.88. The topological polar surface area (TPSA) is 53.2 Å². The number of carbonyl (C=O) groups excluding carboxylic acids is 1. The second-order valence-corrected chi connectivity index (χ2v) is 5.36. The third-order valence-corrected chi connectivity index (χ3v) is 2.31. The van der Waals surface area contributed by atoms with Crippen LogP contribution < -0.4 is 16.0 Å². The molecule has 0 bridgehead atoms. The zero-order valence-electron chi connectivity index (χ0n) is 11.6. The molecule has 0 saturated heterocycles. The van der Waals surface area contributed by atoms with Crippen LogP contribution >= 0.6 is 0 Å². The van der Waals surface area contributed by atoms with E-state index in [1.165, 1.54) is 6.92 Å². The molecule has 0 fully saturated rings. The third kappa shape index (κ3) is 6.25. The Morgan fingerprint density at radius 3 is 2.11 bits per heavy atom. The maximum Gasteiger partial charge on any atom is 0.221 e. The molecule has 1 aromatic rings. The number of hydrogen-bond acceptors (Lipinski definition) is 3. The van der Waals surface area contributed by atoms with Gasteiger partial charge in [-0.1, -0.05) is 0 Å². The quantitative estimate of drug-likeness (QED) is 0.703. The van der Waals surface area contributed by atoms with Crippen molar-refractivity contribution in [1.29, 1.82) is 0 Å². The van der Waals surface area contributed by atoms with E-state index >= 15 is 0 Å². The van der Waals surface area contributed by atoms with Crippen molar-refractivity contribution in [2.45, 2.75) is 33.2 Å². The molecule has 4 nitrogen and oxygen atoms in total. The molecule has 3 N–H and O–H groups in total. The molecule has 100 valence electrons. The second kappa shape index (κ2) is 6.40. The molecule has 0 atom stereocenters. The molecule has 0 spiro atoms. The van der Waals surface area contributed by atoms with Gasteiger partial charge >= 0.3 is 0 Å². The van der Waals surface area contributed by atoms with Gasteiger partial charge in [-0.15, -0.1) is 0 Å². The average Bonchev–Trinajstić information content (AvgIpc) is 2.24. The van der Waals surface area contributed by atoms with Gasteiger partial charge in [0.1, 0.15) is 0 Å². The van der Waals surface area contributed by atoms with E-state index in [4.69, 9.17) is 0 Å². The van der Waals surface area contributed by atoms with Crippen molar-refractivity contribution in [2.75, 3.05) is 23.7 Å². The lowest BCUT2D eigenvalue weighted by Gasteiger charge is -2.20. The summed E-state index contributed by atoms with van der Waals surface area (Å²) >= 11 is 0. The van der Waals surface area contributed by atoms with Gasteiger partial charge in [-0.25, -0.2) is 0 Å². The van der Waals surface area contributed by atoms with Crippen LogP contribution in [0.3, 0.4) is 0 Å². The number of hydrogen-bond donors (Lipinski definition) is 3. The molecule has 1 amide bonds. The fraction of sp³-hybridized carbons (Fsp3) is 0.500. The van der Waals surface area contributed by atoms with E-state index in [0.717, 1.165) is 24.5 Å². The van der Waals surface area contributed by atoms with E-state index < -0.39 is 0 Å². The highest BCUT2D eigenvalue weighted by atomic mass is 16.1. The number of carbonyl (C=O) groups is 1. The van der Waals surface area contributed by atoms with Crippen LogP contribution in [0.1, 0.15) is 27.7 Å². The predicted octanol–water partition coefficient (Wildman–Crippen LogP) is 2.45. The summed E-state index contributed by atoms with van der Waals surface area (Å²) in [5.74, 6) is -0.0508. The summed E-state index contributed by atoms with van der Waals surface area (Å²) in [5.41, 5.74) is 2.03. The molecule has 0 unspecified atom stereocenters. The molecular formula is C14H23N3O. The van der Waals surface area contributed by atoms with Crippen molar-refractivity contribution in [3.63, 3.8) is 0 Å². The van der Waals surface area contributed by atoms with Crippen molar-refractivity contribution in [3.05, 3.63) is 24.3 Å². The van der Waals surface area contributed by atoms with Crippen LogP contribution in [0.2, 0.25) is 0 Å². The minimum atomic E-state index is -0.0508. The van der Waals surface area contributed by atoms with Gasteiger partial charge in [0.05, 0.1) is 0 Å². The summed E-state index contributed by atoms with van der Waals surface area (Å²) in [6, 6.07) is 7.70. The second-order valence-electron chi connectivity index (χ2n) is 5.36. The van der Waals surface area contributed by atoms with E-state index in [-0.39, 0.29) is 11.4 Å². The van der Waals surface area contributed by atoms with Crippen molar-refractivity contribution < 1.29 is 4.79 Å². The normalized spacial score (nSPS) is 11.1. The molecule has 0 radical (unpaired) electrons. The predicted molar refractivity (Wildman–Crippen MR) is 77.0 cm³/mol. The van der Waals surface area contributed by atoms with Crippen LogP contribution in [0.5, 0.6) is 0 Å². The zero-order chi connectivity index (χ0) is 13.6. The molecule has 0 aliphatic rings. The smallest absolute Gasteiger partial charge is 0.221 e. The summed E-state index contributed by atoms with van der Waals surface area (Å²) in [7, 11) is 0. The molecular weight excluding hydrogens is 226 g/mol. The van der Waals surface area contributed by atoms with Crippen LogP contribution in [0.15, 0.2) is 24.3 Å². The average molecular weight is 249 g/mol. The van der Waals surface area contributed by atoms with Crippen LogP contribution in [-0.2, 0) is 4.79 Å². The fourth-order valence-electron chi connectivity index (χ4n) is 1.52. The molecule has 0 aromatic heterocycles. The van der Waals surface area contributed by atoms with Crippen molar-refractivity contribution >= 4 is 17.3 Å². The summed E-state index contributed by atoms with van der Waals surface area (Å²) < 4.78 is 0. The first-order valence-corrected chi connectivity index (χ1v) is 6.23. The van der Waals surface area contributed by atoms with E-state index in [2.05, 4.69) is 36.7 Å². The van der Waals surface area contributed by atoms with E-state index in [1.807, 2.05) is 24.3 Å². The fourth-order valence-corrected chi connectivity index (χ4v) is 1.52. The number of rotatable bonds is 5. The summed E-state index contributed by atoms with van der Waals surface area (Å²) in [6.45, 7) is 9.73. The monoisotopic (exact) mass is 249 g/mol.